The van der Waals surface area contributed by atoms with E-state index in [0.717, 1.165) is 16.9 Å². The highest BCUT2D eigenvalue weighted by molar-refractivity contribution is 6.00. The van der Waals surface area contributed by atoms with Gasteiger partial charge in [-0.3, -0.25) is 14.4 Å². The molecule has 8 heteroatoms. The van der Waals surface area contributed by atoms with Crippen LogP contribution in [0.1, 0.15) is 17.5 Å². The van der Waals surface area contributed by atoms with Crippen molar-refractivity contribution in [1.82, 2.24) is 0 Å². The van der Waals surface area contributed by atoms with Crippen molar-refractivity contribution in [3.05, 3.63) is 77.9 Å². The molecule has 1 atom stereocenters. The second kappa shape index (κ2) is 10.9. The van der Waals surface area contributed by atoms with Crippen molar-refractivity contribution in [3.63, 3.8) is 0 Å². The van der Waals surface area contributed by atoms with Crippen LogP contribution in [0.4, 0.5) is 11.4 Å². The molecule has 1 saturated heterocycles. The molecule has 0 aliphatic carbocycles. The normalized spacial score (nSPS) is 14.9. The van der Waals surface area contributed by atoms with Crippen LogP contribution in [-0.4, -0.2) is 38.0 Å². The van der Waals surface area contributed by atoms with Gasteiger partial charge in [0.25, 0.3) is 5.91 Å². The predicted molar refractivity (Wildman–Crippen MR) is 135 cm³/mol. The molecule has 1 N–H and O–H groups in total. The van der Waals surface area contributed by atoms with E-state index >= 15 is 0 Å². The summed E-state index contributed by atoms with van der Waals surface area (Å²) in [6, 6.07) is 19.9. The lowest BCUT2D eigenvalue weighted by molar-refractivity contribution is -0.151. The molecule has 36 heavy (non-hydrogen) atoms. The summed E-state index contributed by atoms with van der Waals surface area (Å²) in [5, 5.41) is 2.73. The Balaban J connectivity index is 1.29. The zero-order valence-corrected chi connectivity index (χ0v) is 20.4. The number of benzene rings is 3. The molecule has 8 nitrogen and oxygen atoms in total. The van der Waals surface area contributed by atoms with Crippen molar-refractivity contribution in [2.75, 3.05) is 30.5 Å². The monoisotopic (exact) mass is 488 g/mol. The van der Waals surface area contributed by atoms with Crippen LogP contribution >= 0.6 is 0 Å². The third kappa shape index (κ3) is 6.21. The number of carbonyl (C=O) groups excluding carboxylic acids is 3. The Kier molecular flexibility index (Phi) is 7.53. The Morgan fingerprint density at radius 3 is 2.11 bits per heavy atom. The smallest absolute Gasteiger partial charge is 0.311 e. The van der Waals surface area contributed by atoms with Crippen LogP contribution in [0.3, 0.4) is 0 Å². The Morgan fingerprint density at radius 1 is 0.917 bits per heavy atom. The number of hydrogen-bond donors (Lipinski definition) is 1. The Morgan fingerprint density at radius 2 is 1.50 bits per heavy atom. The zero-order valence-electron chi connectivity index (χ0n) is 20.4. The molecule has 0 radical (unpaired) electrons. The van der Waals surface area contributed by atoms with Crippen LogP contribution in [0.2, 0.25) is 0 Å². The molecule has 0 spiro atoms. The molecule has 3 aromatic rings. The van der Waals surface area contributed by atoms with E-state index in [9.17, 15) is 14.4 Å². The van der Waals surface area contributed by atoms with Gasteiger partial charge in [-0.2, -0.15) is 0 Å². The molecule has 1 fully saturated rings. The SMILES string of the molecule is COc1ccc(Oc2ccc(N3C[C@H](C(=O)OCC(=O)Nc4cc(C)cc(C)c4)CC3=O)cc2)cc1. The summed E-state index contributed by atoms with van der Waals surface area (Å²) in [6.07, 6.45) is 0.0294. The topological polar surface area (TPSA) is 94.2 Å². The summed E-state index contributed by atoms with van der Waals surface area (Å²) >= 11 is 0. The van der Waals surface area contributed by atoms with Crippen LogP contribution in [0.25, 0.3) is 0 Å². The molecule has 186 valence electrons. The molecule has 0 bridgehead atoms. The highest BCUT2D eigenvalue weighted by Gasteiger charge is 2.36. The Labute approximate surface area is 209 Å². The highest BCUT2D eigenvalue weighted by atomic mass is 16.5. The van der Waals surface area contributed by atoms with Gasteiger partial charge >= 0.3 is 5.97 Å². The van der Waals surface area contributed by atoms with Crippen molar-refractivity contribution in [3.8, 4) is 17.2 Å². The number of ether oxygens (including phenoxy) is 3. The van der Waals surface area contributed by atoms with Crippen molar-refractivity contribution >= 4 is 29.2 Å². The first-order valence-corrected chi connectivity index (χ1v) is 11.6. The highest BCUT2D eigenvalue weighted by Crippen LogP contribution is 2.29. The van der Waals surface area contributed by atoms with E-state index < -0.39 is 24.4 Å². The molecule has 0 saturated carbocycles. The van der Waals surface area contributed by atoms with Crippen LogP contribution < -0.4 is 19.7 Å². The molecule has 1 aliphatic heterocycles. The van der Waals surface area contributed by atoms with E-state index in [1.807, 2.05) is 32.0 Å². The average Bonchev–Trinajstić information content (AvgIpc) is 3.24. The van der Waals surface area contributed by atoms with Gasteiger partial charge in [0.1, 0.15) is 17.2 Å². The molecular weight excluding hydrogens is 460 g/mol. The minimum absolute atomic E-state index is 0.0294. The first-order valence-electron chi connectivity index (χ1n) is 11.6. The summed E-state index contributed by atoms with van der Waals surface area (Å²) in [6.45, 7) is 3.66. The van der Waals surface area contributed by atoms with Gasteiger partial charge in [-0.1, -0.05) is 6.07 Å². The van der Waals surface area contributed by atoms with Crippen molar-refractivity contribution < 1.29 is 28.6 Å². The van der Waals surface area contributed by atoms with Crippen LogP contribution in [0.5, 0.6) is 17.2 Å². The van der Waals surface area contributed by atoms with Crippen molar-refractivity contribution in [2.24, 2.45) is 5.92 Å². The van der Waals surface area contributed by atoms with E-state index in [1.54, 1.807) is 60.5 Å². The summed E-state index contributed by atoms with van der Waals surface area (Å²) in [5.41, 5.74) is 3.35. The fourth-order valence-electron chi connectivity index (χ4n) is 4.09. The van der Waals surface area contributed by atoms with E-state index in [-0.39, 0.29) is 18.9 Å². The van der Waals surface area contributed by atoms with Crippen LogP contribution in [0.15, 0.2) is 66.7 Å². The van der Waals surface area contributed by atoms with Gasteiger partial charge in [0.2, 0.25) is 5.91 Å². The van der Waals surface area contributed by atoms with E-state index in [1.165, 1.54) is 0 Å². The van der Waals surface area contributed by atoms with Crippen molar-refractivity contribution in [2.45, 2.75) is 20.3 Å². The van der Waals surface area contributed by atoms with Gasteiger partial charge in [-0.15, -0.1) is 0 Å². The summed E-state index contributed by atoms with van der Waals surface area (Å²) in [5.74, 6) is 0.192. The standard InChI is InChI=1S/C28H28N2O6/c1-18-12-19(2)14-21(13-18)29-26(31)17-35-28(33)20-15-27(32)30(16-20)22-4-6-24(7-5-22)36-25-10-8-23(34-3)9-11-25/h4-14,20H,15-17H2,1-3H3,(H,29,31)/t20-/m1/s1. The van der Waals surface area contributed by atoms with Gasteiger partial charge in [0, 0.05) is 24.3 Å². The lowest BCUT2D eigenvalue weighted by atomic mass is 10.1. The van der Waals surface area contributed by atoms with Crippen LogP contribution in [0, 0.1) is 19.8 Å². The molecule has 0 aromatic heterocycles. The summed E-state index contributed by atoms with van der Waals surface area (Å²) in [7, 11) is 1.60. The number of anilines is 2. The zero-order chi connectivity index (χ0) is 25.7. The predicted octanol–water partition coefficient (Wildman–Crippen LogP) is 4.64. The minimum atomic E-state index is -0.637. The third-order valence-electron chi connectivity index (χ3n) is 5.75. The summed E-state index contributed by atoms with van der Waals surface area (Å²) < 4.78 is 16.2. The number of hydrogen-bond acceptors (Lipinski definition) is 6. The van der Waals surface area contributed by atoms with Gasteiger partial charge in [0.15, 0.2) is 6.61 Å². The number of amides is 2. The Bertz CT molecular complexity index is 1230. The van der Waals surface area contributed by atoms with Crippen LogP contribution in [-0.2, 0) is 19.1 Å². The van der Waals surface area contributed by atoms with Gasteiger partial charge in [-0.25, -0.2) is 0 Å². The number of nitrogens with one attached hydrogen (secondary N) is 1. The van der Waals surface area contributed by atoms with E-state index in [4.69, 9.17) is 14.2 Å². The lowest BCUT2D eigenvalue weighted by Crippen LogP contribution is -2.28. The molecule has 1 heterocycles. The number of nitrogens with zero attached hydrogens (tertiary/aromatic N) is 1. The summed E-state index contributed by atoms with van der Waals surface area (Å²) in [4.78, 5) is 38.8. The second-order valence-corrected chi connectivity index (χ2v) is 8.71. The third-order valence-corrected chi connectivity index (χ3v) is 5.75. The fraction of sp³-hybridized carbons (Fsp3) is 0.250. The number of carbonyl (C=O) groups is 3. The van der Waals surface area contributed by atoms with Gasteiger partial charge in [-0.05, 0) is 85.6 Å². The molecule has 0 unspecified atom stereocenters. The molecule has 3 aromatic carbocycles. The largest absolute Gasteiger partial charge is 0.497 e. The first kappa shape index (κ1) is 24.8. The fourth-order valence-corrected chi connectivity index (χ4v) is 4.09. The molecular formula is C28H28N2O6. The lowest BCUT2D eigenvalue weighted by Gasteiger charge is -2.17. The van der Waals surface area contributed by atoms with Gasteiger partial charge in [0.05, 0.1) is 13.0 Å². The molecule has 4 rings (SSSR count). The maximum Gasteiger partial charge on any atom is 0.311 e. The van der Waals surface area contributed by atoms with E-state index in [0.29, 0.717) is 22.9 Å². The average molecular weight is 489 g/mol. The molecule has 1 aliphatic rings. The number of aryl methyl sites for hydroxylation is 2. The number of esters is 1. The number of methoxy groups -OCH3 is 1. The maximum atomic E-state index is 12.6. The first-order chi connectivity index (χ1) is 17.3. The van der Waals surface area contributed by atoms with E-state index in [2.05, 4.69) is 5.32 Å². The second-order valence-electron chi connectivity index (χ2n) is 8.71. The molecule has 2 amide bonds. The van der Waals surface area contributed by atoms with Crippen molar-refractivity contribution in [1.29, 1.82) is 0 Å². The minimum Gasteiger partial charge on any atom is -0.497 e. The van der Waals surface area contributed by atoms with Gasteiger partial charge < -0.3 is 24.4 Å². The maximum absolute atomic E-state index is 12.6. The quantitative estimate of drug-likeness (QED) is 0.465. The Hall–Kier alpha value is -4.33. The number of rotatable bonds is 8.